The molecule has 5 heteroatoms. The van der Waals surface area contributed by atoms with Gasteiger partial charge in [-0.15, -0.1) is 0 Å². The van der Waals surface area contributed by atoms with Gasteiger partial charge < -0.3 is 20.1 Å². The maximum absolute atomic E-state index is 12.2. The molecule has 0 amide bonds. The second kappa shape index (κ2) is 6.08. The van der Waals surface area contributed by atoms with Crippen molar-refractivity contribution in [1.29, 1.82) is 0 Å². The highest BCUT2D eigenvalue weighted by molar-refractivity contribution is 5.76. The van der Waals surface area contributed by atoms with Gasteiger partial charge in [0.1, 0.15) is 0 Å². The molecule has 5 aliphatic rings. The molecule has 4 fully saturated rings. The lowest BCUT2D eigenvalue weighted by Crippen LogP contribution is -2.67. The Morgan fingerprint density at radius 3 is 2.48 bits per heavy atom. The first-order valence-electron chi connectivity index (χ1n) is 11.5. The number of ether oxygens (including phenoxy) is 1. The summed E-state index contributed by atoms with van der Waals surface area (Å²) in [6, 6.07) is 0. The largest absolute Gasteiger partial charge is 0.434 e. The van der Waals surface area contributed by atoms with Gasteiger partial charge in [0.25, 0.3) is 0 Å². The van der Waals surface area contributed by atoms with Crippen LogP contribution in [0.15, 0.2) is 11.8 Å². The minimum atomic E-state index is -0.916. The molecule has 0 aromatic heterocycles. The standard InChI is InChI=1S/C24H36O5/c1-21(27)8-9-22(2)15(12-21)4-5-17-18(22)11-19(25)23(3)16(6-7-24(17,23)28)14-10-20(26)29-13-14/h13,15-19,25,27-28H,4-12H2,1-3H3/t15-,16-,17-,18+,19-,21-,22+,23+,24+/m1/s1. The minimum absolute atomic E-state index is 0.00693. The Morgan fingerprint density at radius 1 is 1.03 bits per heavy atom. The zero-order valence-electron chi connectivity index (χ0n) is 18.0. The number of hydrogen-bond acceptors (Lipinski definition) is 5. The van der Waals surface area contributed by atoms with E-state index in [1.807, 2.05) is 6.92 Å². The van der Waals surface area contributed by atoms with Crippen LogP contribution in [0, 0.1) is 34.5 Å². The molecule has 1 heterocycles. The van der Waals surface area contributed by atoms with E-state index in [4.69, 9.17) is 4.74 Å². The van der Waals surface area contributed by atoms with E-state index in [9.17, 15) is 20.1 Å². The van der Waals surface area contributed by atoms with Gasteiger partial charge in [-0.1, -0.05) is 13.8 Å². The summed E-state index contributed by atoms with van der Waals surface area (Å²) in [6.45, 7) is 6.36. The minimum Gasteiger partial charge on any atom is -0.434 e. The molecule has 0 saturated heterocycles. The average molecular weight is 405 g/mol. The van der Waals surface area contributed by atoms with Gasteiger partial charge >= 0.3 is 5.97 Å². The van der Waals surface area contributed by atoms with Gasteiger partial charge in [-0.3, -0.25) is 4.79 Å². The molecule has 3 N–H and O–H groups in total. The molecule has 5 rings (SSSR count). The fourth-order valence-electron chi connectivity index (χ4n) is 8.57. The van der Waals surface area contributed by atoms with E-state index in [2.05, 4.69) is 13.8 Å². The van der Waals surface area contributed by atoms with Gasteiger partial charge in [-0.05, 0) is 93.0 Å². The predicted molar refractivity (Wildman–Crippen MR) is 107 cm³/mol. The highest BCUT2D eigenvalue weighted by Gasteiger charge is 2.71. The van der Waals surface area contributed by atoms with Crippen molar-refractivity contribution >= 4 is 5.97 Å². The maximum Gasteiger partial charge on any atom is 0.314 e. The maximum atomic E-state index is 12.2. The van der Waals surface area contributed by atoms with E-state index < -0.39 is 22.7 Å². The molecule has 4 saturated carbocycles. The second-order valence-electron chi connectivity index (χ2n) is 11.6. The Morgan fingerprint density at radius 2 is 1.79 bits per heavy atom. The molecule has 5 nitrogen and oxygen atoms in total. The summed E-state index contributed by atoms with van der Waals surface area (Å²) in [7, 11) is 0. The molecule has 0 spiro atoms. The summed E-state index contributed by atoms with van der Waals surface area (Å²) in [6.07, 6.45) is 8.02. The van der Waals surface area contributed by atoms with Crippen molar-refractivity contribution in [2.45, 2.75) is 95.9 Å². The molecule has 162 valence electrons. The predicted octanol–water partition coefficient (Wildman–Crippen LogP) is 3.31. The molecule has 0 bridgehead atoms. The number of rotatable bonds is 1. The molecule has 0 unspecified atom stereocenters. The third kappa shape index (κ3) is 2.53. The van der Waals surface area contributed by atoms with Crippen molar-refractivity contribution < 1.29 is 24.9 Å². The summed E-state index contributed by atoms with van der Waals surface area (Å²) < 4.78 is 5.10. The van der Waals surface area contributed by atoms with Gasteiger partial charge in [0, 0.05) is 5.41 Å². The van der Waals surface area contributed by atoms with Crippen LogP contribution in [-0.2, 0) is 9.53 Å². The molecule has 9 atom stereocenters. The fourth-order valence-corrected chi connectivity index (χ4v) is 8.57. The molecule has 29 heavy (non-hydrogen) atoms. The van der Waals surface area contributed by atoms with E-state index in [1.165, 1.54) is 0 Å². The van der Waals surface area contributed by atoms with Crippen LogP contribution < -0.4 is 0 Å². The summed E-state index contributed by atoms with van der Waals surface area (Å²) in [5.41, 5.74) is -1.14. The van der Waals surface area contributed by atoms with Crippen molar-refractivity contribution in [3.05, 3.63) is 11.8 Å². The summed E-state index contributed by atoms with van der Waals surface area (Å²) >= 11 is 0. The first-order valence-corrected chi connectivity index (χ1v) is 11.5. The third-order valence-corrected chi connectivity index (χ3v) is 10.4. The molecule has 4 aliphatic carbocycles. The molecule has 0 radical (unpaired) electrons. The van der Waals surface area contributed by atoms with E-state index in [0.717, 1.165) is 44.1 Å². The zero-order chi connectivity index (χ0) is 20.8. The Bertz CT molecular complexity index is 758. The number of hydrogen-bond donors (Lipinski definition) is 3. The number of fused-ring (bicyclic) bond motifs is 5. The van der Waals surface area contributed by atoms with Crippen molar-refractivity contribution in [3.63, 3.8) is 0 Å². The normalized spacial score (nSPS) is 56.8. The first-order chi connectivity index (χ1) is 13.5. The lowest BCUT2D eigenvalue weighted by Gasteiger charge is -2.65. The molecular weight excluding hydrogens is 368 g/mol. The van der Waals surface area contributed by atoms with Gasteiger partial charge in [0.15, 0.2) is 0 Å². The topological polar surface area (TPSA) is 87.0 Å². The Balaban J connectivity index is 1.49. The number of aliphatic hydroxyl groups is 3. The molecule has 0 aromatic carbocycles. The Labute approximate surface area is 173 Å². The number of cyclic esters (lactones) is 1. The average Bonchev–Trinajstić information content (AvgIpc) is 3.19. The molecular formula is C24H36O5. The smallest absolute Gasteiger partial charge is 0.314 e. The Hall–Kier alpha value is -0.910. The van der Waals surface area contributed by atoms with Gasteiger partial charge in [-0.2, -0.15) is 0 Å². The summed E-state index contributed by atoms with van der Waals surface area (Å²) in [5.74, 6) is 0.661. The van der Waals surface area contributed by atoms with Crippen LogP contribution >= 0.6 is 0 Å². The molecule has 0 aromatic rings. The second-order valence-corrected chi connectivity index (χ2v) is 11.6. The zero-order valence-corrected chi connectivity index (χ0v) is 18.0. The highest BCUT2D eigenvalue weighted by Crippen LogP contribution is 2.70. The van der Waals surface area contributed by atoms with E-state index in [0.29, 0.717) is 18.8 Å². The summed E-state index contributed by atoms with van der Waals surface area (Å²) in [5, 5.41) is 34.3. The van der Waals surface area contributed by atoms with Crippen molar-refractivity contribution in [2.75, 3.05) is 0 Å². The van der Waals surface area contributed by atoms with Crippen LogP contribution in [0.4, 0.5) is 0 Å². The van der Waals surface area contributed by atoms with E-state index in [-0.39, 0.29) is 35.6 Å². The van der Waals surface area contributed by atoms with E-state index >= 15 is 0 Å². The lowest BCUT2D eigenvalue weighted by molar-refractivity contribution is -0.248. The number of carbonyl (C=O) groups is 1. The van der Waals surface area contributed by atoms with Gasteiger partial charge in [0.2, 0.25) is 0 Å². The lowest BCUT2D eigenvalue weighted by atomic mass is 9.42. The molecule has 1 aliphatic heterocycles. The summed E-state index contributed by atoms with van der Waals surface area (Å²) in [4.78, 5) is 11.7. The van der Waals surface area contributed by atoms with Crippen LogP contribution in [0.3, 0.4) is 0 Å². The van der Waals surface area contributed by atoms with Crippen LogP contribution in [0.25, 0.3) is 0 Å². The van der Waals surface area contributed by atoms with E-state index in [1.54, 1.807) is 6.26 Å². The van der Waals surface area contributed by atoms with Gasteiger partial charge in [-0.25, -0.2) is 0 Å². The highest BCUT2D eigenvalue weighted by atomic mass is 16.5. The van der Waals surface area contributed by atoms with Crippen molar-refractivity contribution in [3.8, 4) is 0 Å². The number of carbonyl (C=O) groups excluding carboxylic acids is 1. The van der Waals surface area contributed by atoms with Gasteiger partial charge in [0.05, 0.1) is 30.0 Å². The Kier molecular flexibility index (Phi) is 4.19. The quantitative estimate of drug-likeness (QED) is 0.584. The van der Waals surface area contributed by atoms with Crippen molar-refractivity contribution in [1.82, 2.24) is 0 Å². The number of aliphatic hydroxyl groups excluding tert-OH is 1. The number of esters is 1. The van der Waals surface area contributed by atoms with Crippen LogP contribution in [0.2, 0.25) is 0 Å². The van der Waals surface area contributed by atoms with Crippen molar-refractivity contribution in [2.24, 2.45) is 34.5 Å². The SMILES string of the molecule is C[C@@]1(O)CC[C@@]2(C)[C@H](CC[C@@H]3[C@@H]2C[C@@H](O)[C@]2(C)[C@@H](C4=COC(=O)C4)CC[C@]32O)C1. The van der Waals surface area contributed by atoms with Crippen LogP contribution in [0.1, 0.15) is 78.6 Å². The monoisotopic (exact) mass is 404 g/mol. The first kappa shape index (κ1) is 20.0. The van der Waals surface area contributed by atoms with Crippen LogP contribution in [0.5, 0.6) is 0 Å². The third-order valence-electron chi connectivity index (χ3n) is 10.4. The fraction of sp³-hybridized carbons (Fsp3) is 0.875. The van der Waals surface area contributed by atoms with Crippen LogP contribution in [-0.4, -0.2) is 38.6 Å².